The molecule has 2 aromatic rings. The van der Waals surface area contributed by atoms with E-state index >= 15 is 0 Å². The summed E-state index contributed by atoms with van der Waals surface area (Å²) in [7, 11) is 1.54. The van der Waals surface area contributed by atoms with Gasteiger partial charge in [0.1, 0.15) is 0 Å². The van der Waals surface area contributed by atoms with E-state index in [1.165, 1.54) is 0 Å². The molecule has 7 heteroatoms. The molecule has 2 aromatic carbocycles. The van der Waals surface area contributed by atoms with Gasteiger partial charge in [0.15, 0.2) is 0 Å². The van der Waals surface area contributed by atoms with E-state index in [-0.39, 0.29) is 11.8 Å². The number of amides is 4. The number of carbonyl (C=O) groups is 3. The highest BCUT2D eigenvalue weighted by Crippen LogP contribution is 2.13. The molecule has 0 heterocycles. The number of urea groups is 1. The predicted octanol–water partition coefficient (Wildman–Crippen LogP) is 1.47. The highest BCUT2D eigenvalue weighted by molar-refractivity contribution is 6.05. The number of hydrogen-bond donors (Lipinski definition) is 4. The van der Waals surface area contributed by atoms with Gasteiger partial charge in [0.05, 0.1) is 0 Å². The lowest BCUT2D eigenvalue weighted by atomic mass is 10.1. The van der Waals surface area contributed by atoms with Crippen LogP contribution in [0.15, 0.2) is 48.5 Å². The van der Waals surface area contributed by atoms with Gasteiger partial charge in [-0.15, -0.1) is 0 Å². The maximum atomic E-state index is 12.2. The molecule has 124 valence electrons. The van der Waals surface area contributed by atoms with E-state index in [0.717, 1.165) is 5.56 Å². The van der Waals surface area contributed by atoms with Crippen molar-refractivity contribution in [2.75, 3.05) is 12.4 Å². The minimum absolute atomic E-state index is 0.225. The molecule has 0 radical (unpaired) electrons. The molecule has 0 saturated carbocycles. The molecule has 4 amide bonds. The van der Waals surface area contributed by atoms with E-state index in [1.807, 2.05) is 0 Å². The average Bonchev–Trinajstić information content (AvgIpc) is 2.59. The van der Waals surface area contributed by atoms with Crippen LogP contribution in [0.5, 0.6) is 0 Å². The van der Waals surface area contributed by atoms with E-state index < -0.39 is 6.03 Å². The molecular weight excluding hydrogens is 308 g/mol. The van der Waals surface area contributed by atoms with Crippen LogP contribution in [-0.4, -0.2) is 24.9 Å². The Balaban J connectivity index is 2.04. The van der Waals surface area contributed by atoms with Crippen molar-refractivity contribution in [2.45, 2.75) is 6.54 Å². The van der Waals surface area contributed by atoms with Gasteiger partial charge in [-0.3, -0.25) is 9.59 Å². The Hall–Kier alpha value is -3.35. The third kappa shape index (κ3) is 4.57. The summed E-state index contributed by atoms with van der Waals surface area (Å²) in [5, 5.41) is 7.74. The highest BCUT2D eigenvalue weighted by atomic mass is 16.2. The fourth-order valence-electron chi connectivity index (χ4n) is 2.05. The van der Waals surface area contributed by atoms with Crippen LogP contribution in [0.25, 0.3) is 0 Å². The number of nitrogens with one attached hydrogen (secondary N) is 3. The number of benzene rings is 2. The van der Waals surface area contributed by atoms with Crippen molar-refractivity contribution in [2.24, 2.45) is 5.73 Å². The lowest BCUT2D eigenvalue weighted by molar-refractivity contribution is 0.0961. The first-order valence-electron chi connectivity index (χ1n) is 7.25. The normalized spacial score (nSPS) is 9.88. The summed E-state index contributed by atoms with van der Waals surface area (Å²) < 4.78 is 0. The minimum atomic E-state index is -0.604. The standard InChI is InChI=1S/C17H18N4O3/c1-19-15(22)13-3-2-4-14(9-13)21-16(23)12-7-5-11(6-8-12)10-20-17(18)24/h2-9H,10H2,1H3,(H,19,22)(H,21,23)(H3,18,20,24). The molecule has 0 unspecified atom stereocenters. The van der Waals surface area contributed by atoms with Crippen molar-refractivity contribution >= 4 is 23.5 Å². The van der Waals surface area contributed by atoms with Crippen molar-refractivity contribution in [3.05, 3.63) is 65.2 Å². The van der Waals surface area contributed by atoms with Crippen molar-refractivity contribution in [1.82, 2.24) is 10.6 Å². The van der Waals surface area contributed by atoms with Gasteiger partial charge in [-0.1, -0.05) is 18.2 Å². The molecule has 5 N–H and O–H groups in total. The zero-order chi connectivity index (χ0) is 17.5. The summed E-state index contributed by atoms with van der Waals surface area (Å²) in [4.78, 5) is 34.5. The van der Waals surface area contributed by atoms with Gasteiger partial charge < -0.3 is 21.7 Å². The van der Waals surface area contributed by atoms with E-state index in [9.17, 15) is 14.4 Å². The number of nitrogens with two attached hydrogens (primary N) is 1. The first kappa shape index (κ1) is 17.0. The Morgan fingerprint density at radius 3 is 2.29 bits per heavy atom. The molecule has 2 rings (SSSR count). The summed E-state index contributed by atoms with van der Waals surface area (Å²) in [5.74, 6) is -0.518. The third-order valence-electron chi connectivity index (χ3n) is 3.29. The van der Waals surface area contributed by atoms with Crippen LogP contribution in [0.3, 0.4) is 0 Å². The molecule has 0 aromatic heterocycles. The zero-order valence-corrected chi connectivity index (χ0v) is 13.1. The Morgan fingerprint density at radius 2 is 1.67 bits per heavy atom. The molecule has 24 heavy (non-hydrogen) atoms. The van der Waals surface area contributed by atoms with Crippen LogP contribution in [0, 0.1) is 0 Å². The van der Waals surface area contributed by atoms with Gasteiger partial charge in [-0.05, 0) is 35.9 Å². The molecule has 7 nitrogen and oxygen atoms in total. The van der Waals surface area contributed by atoms with E-state index in [2.05, 4.69) is 16.0 Å². The predicted molar refractivity (Wildman–Crippen MR) is 90.7 cm³/mol. The van der Waals surface area contributed by atoms with Crippen molar-refractivity contribution < 1.29 is 14.4 Å². The number of rotatable bonds is 5. The van der Waals surface area contributed by atoms with Crippen LogP contribution in [0.4, 0.5) is 10.5 Å². The minimum Gasteiger partial charge on any atom is -0.355 e. The lowest BCUT2D eigenvalue weighted by Gasteiger charge is -2.08. The number of carbonyl (C=O) groups excluding carboxylic acids is 3. The molecule has 0 bridgehead atoms. The topological polar surface area (TPSA) is 113 Å². The smallest absolute Gasteiger partial charge is 0.312 e. The number of hydrogen-bond acceptors (Lipinski definition) is 3. The molecule has 0 saturated heterocycles. The number of anilines is 1. The van der Waals surface area contributed by atoms with Gasteiger partial charge in [0.2, 0.25) is 0 Å². The van der Waals surface area contributed by atoms with E-state index in [0.29, 0.717) is 23.4 Å². The van der Waals surface area contributed by atoms with Crippen LogP contribution >= 0.6 is 0 Å². The maximum absolute atomic E-state index is 12.2. The summed E-state index contributed by atoms with van der Waals surface area (Å²) in [6.45, 7) is 0.297. The second-order valence-corrected chi connectivity index (χ2v) is 5.03. The molecule has 0 spiro atoms. The highest BCUT2D eigenvalue weighted by Gasteiger charge is 2.08. The lowest BCUT2D eigenvalue weighted by Crippen LogP contribution is -2.28. The monoisotopic (exact) mass is 326 g/mol. The largest absolute Gasteiger partial charge is 0.355 e. The van der Waals surface area contributed by atoms with Crippen LogP contribution in [0.2, 0.25) is 0 Å². The van der Waals surface area contributed by atoms with Gasteiger partial charge in [0, 0.05) is 30.4 Å². The van der Waals surface area contributed by atoms with Crippen LogP contribution in [-0.2, 0) is 6.54 Å². The molecule has 0 aliphatic carbocycles. The van der Waals surface area contributed by atoms with Crippen LogP contribution < -0.4 is 21.7 Å². The van der Waals surface area contributed by atoms with Crippen molar-refractivity contribution in [3.63, 3.8) is 0 Å². The average molecular weight is 326 g/mol. The zero-order valence-electron chi connectivity index (χ0n) is 13.1. The molecule has 0 aliphatic heterocycles. The second kappa shape index (κ2) is 7.77. The summed E-state index contributed by atoms with van der Waals surface area (Å²) >= 11 is 0. The quantitative estimate of drug-likeness (QED) is 0.667. The van der Waals surface area contributed by atoms with Crippen molar-refractivity contribution in [3.8, 4) is 0 Å². The van der Waals surface area contributed by atoms with Gasteiger partial charge in [-0.25, -0.2) is 4.79 Å². The SMILES string of the molecule is CNC(=O)c1cccc(NC(=O)c2ccc(CNC(N)=O)cc2)c1. The Morgan fingerprint density at radius 1 is 0.958 bits per heavy atom. The number of primary amides is 1. The van der Waals surface area contributed by atoms with Gasteiger partial charge >= 0.3 is 6.03 Å². The summed E-state index contributed by atoms with van der Waals surface area (Å²) in [5.41, 5.74) is 7.28. The third-order valence-corrected chi connectivity index (χ3v) is 3.29. The van der Waals surface area contributed by atoms with Crippen LogP contribution in [0.1, 0.15) is 26.3 Å². The first-order valence-corrected chi connectivity index (χ1v) is 7.25. The second-order valence-electron chi connectivity index (χ2n) is 5.03. The van der Waals surface area contributed by atoms with Crippen molar-refractivity contribution in [1.29, 1.82) is 0 Å². The molecule has 0 atom stereocenters. The maximum Gasteiger partial charge on any atom is 0.312 e. The molecular formula is C17H18N4O3. The van der Waals surface area contributed by atoms with E-state index in [1.54, 1.807) is 55.6 Å². The van der Waals surface area contributed by atoms with Gasteiger partial charge in [0.25, 0.3) is 11.8 Å². The van der Waals surface area contributed by atoms with E-state index in [4.69, 9.17) is 5.73 Å². The van der Waals surface area contributed by atoms with Gasteiger partial charge in [-0.2, -0.15) is 0 Å². The Labute approximate surface area is 139 Å². The fourth-order valence-corrected chi connectivity index (χ4v) is 2.05. The summed E-state index contributed by atoms with van der Waals surface area (Å²) in [6.07, 6.45) is 0. The fraction of sp³-hybridized carbons (Fsp3) is 0.118. The Bertz CT molecular complexity index is 757. The summed E-state index contributed by atoms with van der Waals surface area (Å²) in [6, 6.07) is 12.8. The first-order chi connectivity index (χ1) is 11.5. The Kier molecular flexibility index (Phi) is 5.51. The molecule has 0 fully saturated rings. The molecule has 0 aliphatic rings.